The van der Waals surface area contributed by atoms with Crippen molar-refractivity contribution in [1.82, 2.24) is 5.32 Å². The normalized spacial score (nSPS) is 21.5. The summed E-state index contributed by atoms with van der Waals surface area (Å²) >= 11 is 5.83. The van der Waals surface area contributed by atoms with Gasteiger partial charge in [-0.25, -0.2) is 4.39 Å². The number of hydrogen-bond acceptors (Lipinski definition) is 1. The van der Waals surface area contributed by atoms with Crippen molar-refractivity contribution in [2.75, 3.05) is 0 Å². The molecule has 17 heavy (non-hydrogen) atoms. The van der Waals surface area contributed by atoms with E-state index in [9.17, 15) is 4.39 Å². The van der Waals surface area contributed by atoms with Crippen LogP contribution in [0.25, 0.3) is 0 Å². The molecule has 3 heteroatoms. The van der Waals surface area contributed by atoms with Crippen molar-refractivity contribution in [1.29, 1.82) is 0 Å². The van der Waals surface area contributed by atoms with Gasteiger partial charge in [-0.3, -0.25) is 0 Å². The van der Waals surface area contributed by atoms with Crippen LogP contribution in [-0.4, -0.2) is 6.04 Å². The molecule has 0 saturated heterocycles. The number of rotatable bonds is 3. The minimum Gasteiger partial charge on any atom is -0.309 e. The third-order valence-electron chi connectivity index (χ3n) is 4.45. The molecule has 0 spiro atoms. The molecular weight excluding hydrogens is 237 g/mol. The first-order chi connectivity index (χ1) is 7.75. The lowest BCUT2D eigenvalue weighted by Gasteiger charge is -2.07. The summed E-state index contributed by atoms with van der Waals surface area (Å²) in [6.45, 7) is 9.67. The maximum absolute atomic E-state index is 13.2. The molecule has 0 aliphatic heterocycles. The van der Waals surface area contributed by atoms with E-state index in [2.05, 4.69) is 33.0 Å². The van der Waals surface area contributed by atoms with Crippen LogP contribution >= 0.6 is 11.6 Å². The maximum Gasteiger partial charge on any atom is 0.125 e. The van der Waals surface area contributed by atoms with Crippen LogP contribution in [0.3, 0.4) is 0 Å². The van der Waals surface area contributed by atoms with E-state index >= 15 is 0 Å². The molecular formula is C14H19ClFN. The first-order valence-electron chi connectivity index (χ1n) is 5.93. The molecule has 1 saturated carbocycles. The lowest BCUT2D eigenvalue weighted by Crippen LogP contribution is -2.21. The minimum atomic E-state index is -0.274. The van der Waals surface area contributed by atoms with E-state index < -0.39 is 0 Å². The summed E-state index contributed by atoms with van der Waals surface area (Å²) in [5.74, 6) is -0.274. The molecule has 0 amide bonds. The second kappa shape index (κ2) is 3.96. The Morgan fingerprint density at radius 3 is 2.24 bits per heavy atom. The van der Waals surface area contributed by atoms with E-state index in [-0.39, 0.29) is 5.82 Å². The van der Waals surface area contributed by atoms with E-state index in [1.54, 1.807) is 6.07 Å². The smallest absolute Gasteiger partial charge is 0.125 e. The number of hydrogen-bond donors (Lipinski definition) is 1. The van der Waals surface area contributed by atoms with Gasteiger partial charge in [-0.1, -0.05) is 39.3 Å². The third kappa shape index (κ3) is 2.21. The Morgan fingerprint density at radius 1 is 1.18 bits per heavy atom. The van der Waals surface area contributed by atoms with Crippen LogP contribution in [0.2, 0.25) is 5.02 Å². The molecule has 1 nitrogen and oxygen atoms in total. The molecule has 1 aromatic rings. The summed E-state index contributed by atoms with van der Waals surface area (Å²) < 4.78 is 13.2. The quantitative estimate of drug-likeness (QED) is 0.861. The summed E-state index contributed by atoms with van der Waals surface area (Å²) in [6, 6.07) is 5.13. The van der Waals surface area contributed by atoms with E-state index in [4.69, 9.17) is 11.6 Å². The highest BCUT2D eigenvalue weighted by atomic mass is 35.5. The summed E-state index contributed by atoms with van der Waals surface area (Å²) in [5.41, 5.74) is 1.49. The zero-order chi connectivity index (χ0) is 12.8. The molecule has 1 aliphatic rings. The van der Waals surface area contributed by atoms with Crippen LogP contribution in [0.5, 0.6) is 0 Å². The highest BCUT2D eigenvalue weighted by Crippen LogP contribution is 2.62. The average molecular weight is 256 g/mol. The van der Waals surface area contributed by atoms with Crippen LogP contribution in [0.1, 0.15) is 33.3 Å². The van der Waals surface area contributed by atoms with E-state index in [1.807, 2.05) is 0 Å². The van der Waals surface area contributed by atoms with Crippen LogP contribution < -0.4 is 5.32 Å². The van der Waals surface area contributed by atoms with Gasteiger partial charge in [0.1, 0.15) is 5.82 Å². The minimum absolute atomic E-state index is 0.274. The predicted octanol–water partition coefficient (Wildman–Crippen LogP) is 4.00. The lowest BCUT2D eigenvalue weighted by molar-refractivity contribution is 0.457. The summed E-state index contributed by atoms with van der Waals surface area (Å²) in [4.78, 5) is 0. The highest BCUT2D eigenvalue weighted by Gasteiger charge is 2.64. The van der Waals surface area contributed by atoms with E-state index in [1.165, 1.54) is 12.1 Å². The van der Waals surface area contributed by atoms with Gasteiger partial charge in [-0.2, -0.15) is 0 Å². The number of nitrogens with one attached hydrogen (secondary N) is 1. The van der Waals surface area contributed by atoms with Gasteiger partial charge < -0.3 is 5.32 Å². The first kappa shape index (κ1) is 12.8. The molecule has 94 valence electrons. The van der Waals surface area contributed by atoms with E-state index in [0.29, 0.717) is 28.4 Å². The van der Waals surface area contributed by atoms with Crippen molar-refractivity contribution < 1.29 is 4.39 Å². The molecule has 0 heterocycles. The summed E-state index contributed by atoms with van der Waals surface area (Å²) in [7, 11) is 0. The number of halogens is 2. The lowest BCUT2D eigenvalue weighted by atomic mass is 10.0. The number of benzene rings is 1. The zero-order valence-electron chi connectivity index (χ0n) is 10.8. The van der Waals surface area contributed by atoms with Gasteiger partial charge in [0.2, 0.25) is 0 Å². The molecule has 0 bridgehead atoms. The third-order valence-corrected chi connectivity index (χ3v) is 4.67. The highest BCUT2D eigenvalue weighted by molar-refractivity contribution is 6.30. The van der Waals surface area contributed by atoms with Crippen molar-refractivity contribution >= 4 is 11.6 Å². The molecule has 0 radical (unpaired) electrons. The fraction of sp³-hybridized carbons (Fsp3) is 0.571. The Morgan fingerprint density at radius 2 is 1.76 bits per heavy atom. The van der Waals surface area contributed by atoms with Crippen LogP contribution in [0.15, 0.2) is 18.2 Å². The van der Waals surface area contributed by atoms with Gasteiger partial charge in [0, 0.05) is 17.6 Å². The van der Waals surface area contributed by atoms with Crippen molar-refractivity contribution in [3.05, 3.63) is 34.6 Å². The first-order valence-corrected chi connectivity index (χ1v) is 6.31. The Hall–Kier alpha value is -0.600. The van der Waals surface area contributed by atoms with Gasteiger partial charge in [0.25, 0.3) is 0 Å². The molecule has 0 unspecified atom stereocenters. The second-order valence-electron chi connectivity index (χ2n) is 6.03. The largest absolute Gasteiger partial charge is 0.309 e. The zero-order valence-corrected chi connectivity index (χ0v) is 11.5. The van der Waals surface area contributed by atoms with Crippen LogP contribution in [0.4, 0.5) is 4.39 Å². The van der Waals surface area contributed by atoms with Gasteiger partial charge in [0.05, 0.1) is 0 Å². The topological polar surface area (TPSA) is 12.0 Å². The Bertz CT molecular complexity index is 406. The van der Waals surface area contributed by atoms with Gasteiger partial charge in [-0.15, -0.1) is 0 Å². The average Bonchev–Trinajstić information content (AvgIpc) is 2.53. The van der Waals surface area contributed by atoms with E-state index in [0.717, 1.165) is 5.56 Å². The fourth-order valence-electron chi connectivity index (χ4n) is 2.64. The maximum atomic E-state index is 13.2. The molecule has 1 aromatic carbocycles. The predicted molar refractivity (Wildman–Crippen MR) is 69.6 cm³/mol. The van der Waals surface area contributed by atoms with Gasteiger partial charge in [-0.05, 0) is 34.6 Å². The van der Waals surface area contributed by atoms with Gasteiger partial charge in [0.15, 0.2) is 0 Å². The second-order valence-corrected chi connectivity index (χ2v) is 6.47. The molecule has 1 N–H and O–H groups in total. The Kier molecular flexibility index (Phi) is 2.99. The van der Waals surface area contributed by atoms with Crippen molar-refractivity contribution in [3.8, 4) is 0 Å². The fourth-order valence-corrected chi connectivity index (χ4v) is 2.88. The molecule has 2 rings (SSSR count). The van der Waals surface area contributed by atoms with Crippen LogP contribution in [-0.2, 0) is 6.54 Å². The molecule has 1 fully saturated rings. The Balaban J connectivity index is 2.00. The standard InChI is InChI=1S/C14H19ClFN/c1-13(2)12(14(13,3)4)17-8-9-5-10(15)7-11(16)6-9/h5-7,12,17H,8H2,1-4H3. The SMILES string of the molecule is CC1(C)C(NCc2cc(F)cc(Cl)c2)C1(C)C. The van der Waals surface area contributed by atoms with Crippen molar-refractivity contribution in [2.45, 2.75) is 40.3 Å². The van der Waals surface area contributed by atoms with Crippen molar-refractivity contribution in [3.63, 3.8) is 0 Å². The monoisotopic (exact) mass is 255 g/mol. The van der Waals surface area contributed by atoms with Crippen LogP contribution in [0, 0.1) is 16.6 Å². The van der Waals surface area contributed by atoms with Crippen molar-refractivity contribution in [2.24, 2.45) is 10.8 Å². The summed E-state index contributed by atoms with van der Waals surface area (Å²) in [5, 5.41) is 3.94. The Labute approximate surface area is 107 Å². The molecule has 0 atom stereocenters. The summed E-state index contributed by atoms with van der Waals surface area (Å²) in [6.07, 6.45) is 0. The molecule has 0 aromatic heterocycles. The molecule has 1 aliphatic carbocycles. The van der Waals surface area contributed by atoms with Gasteiger partial charge >= 0.3 is 0 Å².